The fourth-order valence-corrected chi connectivity index (χ4v) is 7.01. The van der Waals surface area contributed by atoms with Gasteiger partial charge in [-0.1, -0.05) is 30.6 Å². The van der Waals surface area contributed by atoms with Crippen molar-refractivity contribution in [1.82, 2.24) is 19.7 Å². The van der Waals surface area contributed by atoms with Crippen LogP contribution in [0.2, 0.25) is 0 Å². The normalized spacial score (nSPS) is 22.7. The van der Waals surface area contributed by atoms with Gasteiger partial charge in [0.25, 0.3) is 0 Å². The molecule has 7 nitrogen and oxygen atoms in total. The lowest BCUT2D eigenvalue weighted by molar-refractivity contribution is -0.127. The number of thiazole rings is 1. The number of nitrogens with one attached hydrogen (secondary N) is 1. The Morgan fingerprint density at radius 1 is 1.13 bits per heavy atom. The summed E-state index contributed by atoms with van der Waals surface area (Å²) in [4.78, 5) is 36.1. The lowest BCUT2D eigenvalue weighted by atomic mass is 9.93. The van der Waals surface area contributed by atoms with E-state index in [0.717, 1.165) is 42.3 Å². The molecule has 3 fully saturated rings. The molecule has 0 aromatic carbocycles. The number of amides is 3. The molecule has 172 valence electrons. The Balaban J connectivity index is 1.34. The number of rotatable bonds is 7. The fraction of sp³-hybridized carbons (Fsp3) is 0.773. The number of carbonyl (C=O) groups excluding carboxylic acids is 2. The fourth-order valence-electron chi connectivity index (χ4n) is 5.07. The van der Waals surface area contributed by atoms with Gasteiger partial charge in [0.15, 0.2) is 5.13 Å². The lowest BCUT2D eigenvalue weighted by Gasteiger charge is -2.38. The molecule has 3 amide bonds. The van der Waals surface area contributed by atoms with E-state index in [1.165, 1.54) is 45.2 Å². The minimum atomic E-state index is -0.0507. The number of aromatic nitrogens is 1. The van der Waals surface area contributed by atoms with Crippen LogP contribution < -0.4 is 5.32 Å². The van der Waals surface area contributed by atoms with Crippen LogP contribution in [0.5, 0.6) is 0 Å². The summed E-state index contributed by atoms with van der Waals surface area (Å²) in [6, 6.07) is 0.312. The van der Waals surface area contributed by atoms with Crippen LogP contribution in [0.15, 0.2) is 10.4 Å². The molecule has 1 N–H and O–H groups in total. The summed E-state index contributed by atoms with van der Waals surface area (Å²) in [5.41, 5.74) is 0. The van der Waals surface area contributed by atoms with Crippen LogP contribution in [0, 0.1) is 0 Å². The first kappa shape index (κ1) is 22.9. The number of hydrogen-bond acceptors (Lipinski definition) is 6. The Hall–Kier alpha value is -1.32. The molecule has 1 aromatic heterocycles. The van der Waals surface area contributed by atoms with Crippen molar-refractivity contribution in [3.63, 3.8) is 0 Å². The first-order valence-corrected chi connectivity index (χ1v) is 13.6. The van der Waals surface area contributed by atoms with Crippen molar-refractivity contribution in [3.05, 3.63) is 6.20 Å². The lowest BCUT2D eigenvalue weighted by Crippen LogP contribution is -2.51. The smallest absolute Gasteiger partial charge is 0.324 e. The summed E-state index contributed by atoms with van der Waals surface area (Å²) in [6.45, 7) is 6.58. The van der Waals surface area contributed by atoms with Gasteiger partial charge in [0.05, 0.1) is 16.4 Å². The van der Waals surface area contributed by atoms with Crippen molar-refractivity contribution in [2.45, 2.75) is 74.6 Å². The predicted octanol–water partition coefficient (Wildman–Crippen LogP) is 4.12. The second kappa shape index (κ2) is 11.0. The predicted molar refractivity (Wildman–Crippen MR) is 127 cm³/mol. The van der Waals surface area contributed by atoms with E-state index in [2.05, 4.69) is 15.2 Å². The van der Waals surface area contributed by atoms with E-state index in [1.807, 2.05) is 27.8 Å². The summed E-state index contributed by atoms with van der Waals surface area (Å²) in [7, 11) is 0. The van der Waals surface area contributed by atoms with Gasteiger partial charge in [-0.3, -0.25) is 10.1 Å². The highest BCUT2D eigenvalue weighted by Gasteiger charge is 2.36. The van der Waals surface area contributed by atoms with Crippen molar-refractivity contribution >= 4 is 40.2 Å². The molecule has 0 bridgehead atoms. The standard InChI is InChI=1S/C22H35N5O2S2/c1-17(28)26-12-9-19(16-26)27(18-7-3-2-4-8-18)22(29)24-21-23-15-20(31-21)30-14-13-25-10-5-6-11-25/h15,18-19H,2-14,16H2,1H3,(H,23,24,29). The Morgan fingerprint density at radius 2 is 1.90 bits per heavy atom. The van der Waals surface area contributed by atoms with E-state index < -0.39 is 0 Å². The highest BCUT2D eigenvalue weighted by molar-refractivity contribution is 8.01. The average Bonchev–Trinajstić information content (AvgIpc) is 3.52. The van der Waals surface area contributed by atoms with Gasteiger partial charge < -0.3 is 14.7 Å². The summed E-state index contributed by atoms with van der Waals surface area (Å²) in [5, 5.41) is 3.76. The number of likely N-dealkylation sites (tertiary alicyclic amines) is 2. The van der Waals surface area contributed by atoms with Crippen LogP contribution in [0.4, 0.5) is 9.93 Å². The maximum absolute atomic E-state index is 13.3. The maximum Gasteiger partial charge on any atom is 0.324 e. The summed E-state index contributed by atoms with van der Waals surface area (Å²) in [6.07, 6.45) is 11.1. The zero-order valence-corrected chi connectivity index (χ0v) is 20.2. The number of nitrogens with zero attached hydrogens (tertiary/aromatic N) is 4. The van der Waals surface area contributed by atoms with E-state index in [4.69, 9.17) is 0 Å². The number of hydrogen-bond donors (Lipinski definition) is 1. The highest BCUT2D eigenvalue weighted by atomic mass is 32.2. The third-order valence-corrected chi connectivity index (χ3v) is 8.84. The van der Waals surface area contributed by atoms with Gasteiger partial charge in [0, 0.05) is 38.4 Å². The van der Waals surface area contributed by atoms with Gasteiger partial charge in [-0.15, -0.1) is 11.8 Å². The highest BCUT2D eigenvalue weighted by Crippen LogP contribution is 2.31. The van der Waals surface area contributed by atoms with Crippen molar-refractivity contribution in [1.29, 1.82) is 0 Å². The minimum absolute atomic E-state index is 0.0507. The molecule has 9 heteroatoms. The molecule has 3 aliphatic rings. The molecule has 0 spiro atoms. The van der Waals surface area contributed by atoms with Crippen LogP contribution in [0.3, 0.4) is 0 Å². The van der Waals surface area contributed by atoms with Gasteiger partial charge in [-0.25, -0.2) is 9.78 Å². The number of urea groups is 1. The Bertz CT molecular complexity index is 746. The van der Waals surface area contributed by atoms with Gasteiger partial charge in [-0.05, 0) is 45.2 Å². The largest absolute Gasteiger partial charge is 0.341 e. The molecule has 1 atom stereocenters. The van der Waals surface area contributed by atoms with Crippen molar-refractivity contribution in [3.8, 4) is 0 Å². The van der Waals surface area contributed by atoms with Crippen molar-refractivity contribution in [2.24, 2.45) is 0 Å². The molecule has 2 saturated heterocycles. The zero-order chi connectivity index (χ0) is 21.6. The molecule has 1 aliphatic carbocycles. The van der Waals surface area contributed by atoms with Gasteiger partial charge >= 0.3 is 6.03 Å². The van der Waals surface area contributed by atoms with Crippen LogP contribution in [-0.2, 0) is 4.79 Å². The SMILES string of the molecule is CC(=O)N1CCC(N(C(=O)Nc2ncc(SCCN3CCCC3)s2)C2CCCCC2)C1. The quantitative estimate of drug-likeness (QED) is 0.614. The number of carbonyl (C=O) groups is 2. The second-order valence-corrected chi connectivity index (χ2v) is 11.3. The third kappa shape index (κ3) is 6.14. The molecular formula is C22H35N5O2S2. The van der Waals surface area contributed by atoms with Crippen LogP contribution in [0.1, 0.15) is 58.3 Å². The molecule has 4 rings (SSSR count). The summed E-state index contributed by atoms with van der Waals surface area (Å²) in [5.74, 6) is 1.16. The van der Waals surface area contributed by atoms with E-state index in [1.54, 1.807) is 18.3 Å². The topological polar surface area (TPSA) is 68.8 Å². The Morgan fingerprint density at radius 3 is 2.61 bits per heavy atom. The molecule has 3 heterocycles. The molecular weight excluding hydrogens is 430 g/mol. The van der Waals surface area contributed by atoms with E-state index in [0.29, 0.717) is 11.7 Å². The van der Waals surface area contributed by atoms with E-state index in [-0.39, 0.29) is 24.0 Å². The first-order chi connectivity index (χ1) is 15.1. The average molecular weight is 466 g/mol. The first-order valence-electron chi connectivity index (χ1n) is 11.8. The van der Waals surface area contributed by atoms with E-state index in [9.17, 15) is 9.59 Å². The van der Waals surface area contributed by atoms with Crippen LogP contribution in [0.25, 0.3) is 0 Å². The monoisotopic (exact) mass is 465 g/mol. The van der Waals surface area contributed by atoms with Gasteiger partial charge in [0.1, 0.15) is 0 Å². The van der Waals surface area contributed by atoms with Crippen LogP contribution >= 0.6 is 23.1 Å². The summed E-state index contributed by atoms with van der Waals surface area (Å²) < 4.78 is 1.15. The molecule has 1 saturated carbocycles. The third-order valence-electron chi connectivity index (χ3n) is 6.75. The van der Waals surface area contributed by atoms with E-state index >= 15 is 0 Å². The summed E-state index contributed by atoms with van der Waals surface area (Å²) >= 11 is 3.39. The maximum atomic E-state index is 13.3. The molecule has 0 radical (unpaired) electrons. The van der Waals surface area contributed by atoms with Crippen molar-refractivity contribution < 1.29 is 9.59 Å². The Labute approximate surface area is 193 Å². The Kier molecular flexibility index (Phi) is 8.12. The van der Waals surface area contributed by atoms with Crippen LogP contribution in [-0.4, -0.2) is 82.2 Å². The molecule has 2 aliphatic heterocycles. The number of thioether (sulfide) groups is 1. The molecule has 31 heavy (non-hydrogen) atoms. The molecule has 1 unspecified atom stereocenters. The molecule has 1 aromatic rings. The second-order valence-electron chi connectivity index (χ2n) is 8.92. The van der Waals surface area contributed by atoms with Crippen molar-refractivity contribution in [2.75, 3.05) is 43.8 Å². The zero-order valence-electron chi connectivity index (χ0n) is 18.6. The van der Waals surface area contributed by atoms with Gasteiger partial charge in [0.2, 0.25) is 5.91 Å². The van der Waals surface area contributed by atoms with Gasteiger partial charge in [-0.2, -0.15) is 0 Å². The number of anilines is 1. The minimum Gasteiger partial charge on any atom is -0.341 e.